The Bertz CT molecular complexity index is 1340. The largest absolute Gasteiger partial charge is 0.416 e. The SMILES string of the molecule is Cc1cc(C)n2nc(C(=O)NCc3ccc(-n4nc(C)cc4C)cc3C(F)(F)F)nc2n1. The van der Waals surface area contributed by atoms with Crippen molar-refractivity contribution in [1.29, 1.82) is 0 Å². The average Bonchev–Trinajstić information content (AvgIpc) is 3.28. The van der Waals surface area contributed by atoms with Gasteiger partial charge in [0.1, 0.15) is 0 Å². The Morgan fingerprint density at radius 2 is 1.69 bits per heavy atom. The number of halogens is 3. The molecule has 0 saturated carbocycles. The predicted molar refractivity (Wildman–Crippen MR) is 109 cm³/mol. The van der Waals surface area contributed by atoms with Crippen LogP contribution in [0.25, 0.3) is 11.5 Å². The molecule has 1 aromatic carbocycles. The van der Waals surface area contributed by atoms with Crippen molar-refractivity contribution in [3.8, 4) is 5.69 Å². The lowest BCUT2D eigenvalue weighted by Gasteiger charge is -2.15. The van der Waals surface area contributed by atoms with E-state index in [9.17, 15) is 18.0 Å². The summed E-state index contributed by atoms with van der Waals surface area (Å²) in [6.07, 6.45) is -4.61. The highest BCUT2D eigenvalue weighted by molar-refractivity contribution is 5.90. The molecule has 4 rings (SSSR count). The Morgan fingerprint density at radius 1 is 0.969 bits per heavy atom. The van der Waals surface area contributed by atoms with Crippen LogP contribution in [0.1, 0.15) is 44.5 Å². The first-order valence-electron chi connectivity index (χ1n) is 9.76. The van der Waals surface area contributed by atoms with E-state index in [1.807, 2.05) is 0 Å². The van der Waals surface area contributed by atoms with Gasteiger partial charge in [0.05, 0.1) is 16.9 Å². The lowest BCUT2D eigenvalue weighted by atomic mass is 10.1. The summed E-state index contributed by atoms with van der Waals surface area (Å²) in [6, 6.07) is 7.46. The number of benzene rings is 1. The van der Waals surface area contributed by atoms with E-state index >= 15 is 0 Å². The topological polar surface area (TPSA) is 90.0 Å². The zero-order valence-corrected chi connectivity index (χ0v) is 17.8. The Balaban J connectivity index is 1.60. The van der Waals surface area contributed by atoms with Crippen molar-refractivity contribution >= 4 is 11.7 Å². The molecule has 0 radical (unpaired) electrons. The van der Waals surface area contributed by atoms with Crippen LogP contribution in [0.2, 0.25) is 0 Å². The molecular weight excluding hydrogens is 423 g/mol. The molecule has 1 amide bonds. The number of carbonyl (C=O) groups is 1. The lowest BCUT2D eigenvalue weighted by molar-refractivity contribution is -0.138. The van der Waals surface area contributed by atoms with Gasteiger partial charge in [0.15, 0.2) is 0 Å². The van der Waals surface area contributed by atoms with Gasteiger partial charge in [0.25, 0.3) is 11.7 Å². The van der Waals surface area contributed by atoms with Crippen molar-refractivity contribution in [2.24, 2.45) is 0 Å². The minimum atomic E-state index is -4.61. The highest BCUT2D eigenvalue weighted by atomic mass is 19.4. The molecule has 8 nitrogen and oxygen atoms in total. The highest BCUT2D eigenvalue weighted by Gasteiger charge is 2.34. The Kier molecular flexibility index (Phi) is 5.19. The molecule has 3 heterocycles. The molecular formula is C21H20F3N7O. The zero-order chi connectivity index (χ0) is 23.2. The molecule has 11 heteroatoms. The van der Waals surface area contributed by atoms with Gasteiger partial charge in [-0.2, -0.15) is 23.3 Å². The molecule has 0 atom stereocenters. The van der Waals surface area contributed by atoms with Crippen LogP contribution in [0.4, 0.5) is 13.2 Å². The molecule has 4 aromatic rings. The van der Waals surface area contributed by atoms with E-state index in [0.29, 0.717) is 17.1 Å². The Labute approximate surface area is 181 Å². The maximum Gasteiger partial charge on any atom is 0.416 e. The molecule has 32 heavy (non-hydrogen) atoms. The smallest absolute Gasteiger partial charge is 0.345 e. The molecule has 0 saturated heterocycles. The number of rotatable bonds is 4. The van der Waals surface area contributed by atoms with Crippen molar-refractivity contribution in [3.05, 3.63) is 70.1 Å². The second kappa shape index (κ2) is 7.74. The van der Waals surface area contributed by atoms with Crippen LogP contribution in [0.5, 0.6) is 0 Å². The molecule has 166 valence electrons. The summed E-state index contributed by atoms with van der Waals surface area (Å²) in [5.74, 6) is -0.611. The normalized spacial score (nSPS) is 11.8. The summed E-state index contributed by atoms with van der Waals surface area (Å²) in [5, 5.41) is 10.8. The van der Waals surface area contributed by atoms with Crippen LogP contribution in [-0.4, -0.2) is 35.3 Å². The van der Waals surface area contributed by atoms with Crippen molar-refractivity contribution in [1.82, 2.24) is 34.7 Å². The van der Waals surface area contributed by atoms with Crippen molar-refractivity contribution in [3.63, 3.8) is 0 Å². The summed E-state index contributed by atoms with van der Waals surface area (Å²) < 4.78 is 44.1. The third kappa shape index (κ3) is 4.05. The fourth-order valence-electron chi connectivity index (χ4n) is 3.52. The summed E-state index contributed by atoms with van der Waals surface area (Å²) in [4.78, 5) is 20.8. The average molecular weight is 443 g/mol. The fraction of sp³-hybridized carbons (Fsp3) is 0.286. The van der Waals surface area contributed by atoms with E-state index in [1.54, 1.807) is 39.8 Å². The number of carbonyl (C=O) groups excluding carboxylic acids is 1. The zero-order valence-electron chi connectivity index (χ0n) is 17.8. The molecule has 0 fully saturated rings. The molecule has 0 unspecified atom stereocenters. The number of nitrogens with one attached hydrogen (secondary N) is 1. The van der Waals surface area contributed by atoms with Crippen LogP contribution in [0.15, 0.2) is 30.3 Å². The third-order valence-corrected chi connectivity index (χ3v) is 4.91. The number of fused-ring (bicyclic) bond motifs is 1. The van der Waals surface area contributed by atoms with E-state index in [2.05, 4.69) is 25.5 Å². The molecule has 0 aliphatic carbocycles. The first-order chi connectivity index (χ1) is 15.0. The molecule has 0 bridgehead atoms. The molecule has 0 aliphatic heterocycles. The van der Waals surface area contributed by atoms with Gasteiger partial charge in [0.2, 0.25) is 5.82 Å². The van der Waals surface area contributed by atoms with E-state index in [-0.39, 0.29) is 29.4 Å². The first-order valence-corrected chi connectivity index (χ1v) is 9.76. The predicted octanol–water partition coefficient (Wildman–Crippen LogP) is 3.49. The van der Waals surface area contributed by atoms with Crippen molar-refractivity contribution in [2.45, 2.75) is 40.4 Å². The van der Waals surface area contributed by atoms with Gasteiger partial charge >= 0.3 is 6.18 Å². The maximum atomic E-state index is 13.7. The van der Waals surface area contributed by atoms with Crippen LogP contribution >= 0.6 is 0 Å². The minimum Gasteiger partial charge on any atom is -0.345 e. The maximum absolute atomic E-state index is 13.7. The second-order valence-electron chi connectivity index (χ2n) is 7.55. The van der Waals surface area contributed by atoms with Gasteiger partial charge in [-0.3, -0.25) is 4.79 Å². The number of amides is 1. The van der Waals surface area contributed by atoms with E-state index in [4.69, 9.17) is 0 Å². The molecule has 0 spiro atoms. The monoisotopic (exact) mass is 443 g/mol. The van der Waals surface area contributed by atoms with E-state index < -0.39 is 17.6 Å². The quantitative estimate of drug-likeness (QED) is 0.522. The van der Waals surface area contributed by atoms with Crippen LogP contribution in [0.3, 0.4) is 0 Å². The molecule has 1 N–H and O–H groups in total. The van der Waals surface area contributed by atoms with Gasteiger partial charge in [-0.25, -0.2) is 14.2 Å². The first kappa shape index (κ1) is 21.5. The van der Waals surface area contributed by atoms with E-state index in [0.717, 1.165) is 11.8 Å². The summed E-state index contributed by atoms with van der Waals surface area (Å²) >= 11 is 0. The van der Waals surface area contributed by atoms with Gasteiger partial charge in [0, 0.05) is 23.6 Å². The Hall–Kier alpha value is -3.76. The van der Waals surface area contributed by atoms with Crippen molar-refractivity contribution in [2.75, 3.05) is 0 Å². The van der Waals surface area contributed by atoms with Crippen molar-refractivity contribution < 1.29 is 18.0 Å². The number of aryl methyl sites for hydroxylation is 4. The van der Waals surface area contributed by atoms with Gasteiger partial charge in [-0.1, -0.05) is 6.07 Å². The number of hydrogen-bond acceptors (Lipinski definition) is 5. The van der Waals surface area contributed by atoms with Crippen LogP contribution in [0, 0.1) is 27.7 Å². The fourth-order valence-corrected chi connectivity index (χ4v) is 3.52. The van der Waals surface area contributed by atoms with E-state index in [1.165, 1.54) is 21.3 Å². The standard InChI is InChI=1S/C21H20F3N7O/c1-11-7-14(4)31-20(26-11)27-18(29-31)19(32)25-10-15-5-6-16(9-17(15)21(22,23)24)30-13(3)8-12(2)28-30/h5-9H,10H2,1-4H3,(H,25,32). The number of aromatic nitrogens is 6. The molecule has 0 aliphatic rings. The number of alkyl halides is 3. The lowest BCUT2D eigenvalue weighted by Crippen LogP contribution is -2.25. The second-order valence-corrected chi connectivity index (χ2v) is 7.55. The number of hydrogen-bond donors (Lipinski definition) is 1. The van der Waals surface area contributed by atoms with Gasteiger partial charge in [-0.05, 0) is 57.5 Å². The summed E-state index contributed by atoms with van der Waals surface area (Å²) in [7, 11) is 0. The minimum absolute atomic E-state index is 0.0787. The van der Waals surface area contributed by atoms with Gasteiger partial charge in [-0.15, -0.1) is 5.10 Å². The third-order valence-electron chi connectivity index (χ3n) is 4.91. The summed E-state index contributed by atoms with van der Waals surface area (Å²) in [6.45, 7) is 6.77. The van der Waals surface area contributed by atoms with Gasteiger partial charge < -0.3 is 5.32 Å². The Morgan fingerprint density at radius 3 is 2.34 bits per heavy atom. The highest BCUT2D eigenvalue weighted by Crippen LogP contribution is 2.33. The summed E-state index contributed by atoms with van der Waals surface area (Å²) in [5.41, 5.74) is 2.23. The molecule has 3 aromatic heterocycles. The number of nitrogens with zero attached hydrogens (tertiary/aromatic N) is 6. The van der Waals surface area contributed by atoms with Crippen LogP contribution in [-0.2, 0) is 12.7 Å². The van der Waals surface area contributed by atoms with Crippen LogP contribution < -0.4 is 5.32 Å².